The molecule has 2 nitrogen and oxygen atoms in total. The largest absolute Gasteiger partial charge is 0.234 e. The van der Waals surface area contributed by atoms with Gasteiger partial charge in [0.05, 0.1) is 10.5 Å². The van der Waals surface area contributed by atoms with Gasteiger partial charge in [0.25, 0.3) is 0 Å². The molecule has 122 valence electrons. The van der Waals surface area contributed by atoms with E-state index < -0.39 is 11.0 Å². The first kappa shape index (κ1) is 18.8. The molecule has 0 aromatic heterocycles. The normalized spacial score (nSPS) is 15.3. The molecular weight excluding hydrogens is 290 g/mol. The van der Waals surface area contributed by atoms with Gasteiger partial charge in [-0.25, -0.2) is 4.21 Å². The van der Waals surface area contributed by atoms with Crippen LogP contribution in [0.1, 0.15) is 65.0 Å². The molecule has 1 aromatic carbocycles. The zero-order valence-corrected chi connectivity index (χ0v) is 15.8. The third-order valence-corrected chi connectivity index (χ3v) is 4.79. The number of allylic oxidation sites excluding steroid dienone is 2. The smallest absolute Gasteiger partial charge is 0.145 e. The molecule has 0 amide bonds. The van der Waals surface area contributed by atoms with Crippen molar-refractivity contribution < 1.29 is 4.21 Å². The van der Waals surface area contributed by atoms with Crippen LogP contribution < -0.4 is 0 Å². The van der Waals surface area contributed by atoms with E-state index in [1.165, 1.54) is 16.7 Å². The van der Waals surface area contributed by atoms with Gasteiger partial charge in [-0.2, -0.15) is 4.40 Å². The van der Waals surface area contributed by atoms with Crippen LogP contribution in [0, 0.1) is 6.92 Å². The molecule has 0 N–H and O–H groups in total. The molecule has 1 rings (SSSR count). The Balaban J connectivity index is 2.99. The fourth-order valence-corrected chi connectivity index (χ4v) is 2.64. The summed E-state index contributed by atoms with van der Waals surface area (Å²) in [7, 11) is -1.22. The van der Waals surface area contributed by atoms with Gasteiger partial charge >= 0.3 is 0 Å². The van der Waals surface area contributed by atoms with Crippen LogP contribution in [0.5, 0.6) is 0 Å². The average Bonchev–Trinajstić information content (AvgIpc) is 2.37. The van der Waals surface area contributed by atoms with E-state index in [9.17, 15) is 4.21 Å². The summed E-state index contributed by atoms with van der Waals surface area (Å²) in [4.78, 5) is 0. The van der Waals surface area contributed by atoms with Gasteiger partial charge in [-0.3, -0.25) is 0 Å². The first-order valence-electron chi connectivity index (χ1n) is 7.80. The van der Waals surface area contributed by atoms with E-state index in [0.717, 1.165) is 12.1 Å². The van der Waals surface area contributed by atoms with Crippen LogP contribution in [0.3, 0.4) is 0 Å². The molecular formula is C19H29NOS. The summed E-state index contributed by atoms with van der Waals surface area (Å²) < 4.78 is 16.5. The molecule has 0 radical (unpaired) electrons. The highest BCUT2D eigenvalue weighted by Crippen LogP contribution is 2.22. The zero-order chi connectivity index (χ0) is 16.9. The number of nitrogens with zero attached hydrogens (tertiary/aromatic N) is 1. The van der Waals surface area contributed by atoms with Gasteiger partial charge in [-0.15, -0.1) is 0 Å². The molecule has 0 fully saturated rings. The molecule has 0 heterocycles. The molecule has 0 aliphatic carbocycles. The Hall–Kier alpha value is -1.22. The predicted octanol–water partition coefficient (Wildman–Crippen LogP) is 5.36. The average molecular weight is 320 g/mol. The Bertz CT molecular complexity index is 572. The summed E-state index contributed by atoms with van der Waals surface area (Å²) in [6.07, 6.45) is 2.85. The van der Waals surface area contributed by atoms with E-state index in [-0.39, 0.29) is 4.75 Å². The summed E-state index contributed by atoms with van der Waals surface area (Å²) in [5.41, 5.74) is 4.66. The molecule has 0 bridgehead atoms. The molecule has 22 heavy (non-hydrogen) atoms. The highest BCUT2D eigenvalue weighted by Gasteiger charge is 2.20. The van der Waals surface area contributed by atoms with Crippen LogP contribution in [0.4, 0.5) is 0 Å². The number of aryl methyl sites for hydroxylation is 1. The van der Waals surface area contributed by atoms with E-state index in [0.29, 0.717) is 5.92 Å². The van der Waals surface area contributed by atoms with Gasteiger partial charge in [-0.05, 0) is 65.5 Å². The van der Waals surface area contributed by atoms with Crippen molar-refractivity contribution in [3.05, 3.63) is 47.0 Å². The Kier molecular flexibility index (Phi) is 6.73. The van der Waals surface area contributed by atoms with Gasteiger partial charge in [0.2, 0.25) is 0 Å². The molecule has 2 atom stereocenters. The maximum atomic E-state index is 12.3. The molecule has 3 heteroatoms. The minimum Gasteiger partial charge on any atom is -0.234 e. The molecule has 0 spiro atoms. The van der Waals surface area contributed by atoms with Crippen LogP contribution in [0.2, 0.25) is 0 Å². The Morgan fingerprint density at radius 1 is 1.23 bits per heavy atom. The van der Waals surface area contributed by atoms with Crippen molar-refractivity contribution in [2.24, 2.45) is 4.40 Å². The van der Waals surface area contributed by atoms with Gasteiger partial charge in [0, 0.05) is 0 Å². The van der Waals surface area contributed by atoms with Crippen molar-refractivity contribution in [2.75, 3.05) is 0 Å². The van der Waals surface area contributed by atoms with E-state index in [2.05, 4.69) is 42.5 Å². The second-order valence-electron chi connectivity index (χ2n) is 7.18. The quantitative estimate of drug-likeness (QED) is 0.672. The minimum atomic E-state index is -1.22. The van der Waals surface area contributed by atoms with Gasteiger partial charge in [-0.1, -0.05) is 42.3 Å². The van der Waals surface area contributed by atoms with Crippen molar-refractivity contribution in [3.63, 3.8) is 0 Å². The van der Waals surface area contributed by atoms with Crippen LogP contribution in [-0.2, 0) is 11.0 Å². The number of rotatable bonds is 5. The molecule has 0 aliphatic rings. The van der Waals surface area contributed by atoms with E-state index >= 15 is 0 Å². The lowest BCUT2D eigenvalue weighted by Crippen LogP contribution is -2.21. The van der Waals surface area contributed by atoms with Crippen LogP contribution >= 0.6 is 0 Å². The topological polar surface area (TPSA) is 29.4 Å². The summed E-state index contributed by atoms with van der Waals surface area (Å²) in [6, 6.07) is 8.61. The van der Waals surface area contributed by atoms with Gasteiger partial charge in [0.1, 0.15) is 11.0 Å². The maximum Gasteiger partial charge on any atom is 0.145 e. The Labute approximate surface area is 138 Å². The van der Waals surface area contributed by atoms with E-state index in [4.69, 9.17) is 0 Å². The van der Waals surface area contributed by atoms with Crippen molar-refractivity contribution in [1.29, 1.82) is 0 Å². The second kappa shape index (κ2) is 7.87. The number of hydrogen-bond acceptors (Lipinski definition) is 1. The summed E-state index contributed by atoms with van der Waals surface area (Å²) in [6.45, 7) is 14.2. The third kappa shape index (κ3) is 6.27. The summed E-state index contributed by atoms with van der Waals surface area (Å²) >= 11 is 0. The molecule has 0 saturated carbocycles. The minimum absolute atomic E-state index is 0.326. The lowest BCUT2D eigenvalue weighted by molar-refractivity contribution is 0.650. The van der Waals surface area contributed by atoms with Gasteiger partial charge in [0.15, 0.2) is 0 Å². The SMILES string of the molecule is CC(C)=CC(C[C@H](C)c1ccc(C)cc1)=N[S@@](=O)C(C)(C)C. The standard InChI is InChI=1S/C19H29NOS/c1-14(2)12-18(20-22(21)19(5,6)7)13-16(4)17-10-8-15(3)9-11-17/h8-12,16H,13H2,1-7H3/t16-,22-/m0/s1. The van der Waals surface area contributed by atoms with Crippen LogP contribution in [0.25, 0.3) is 0 Å². The molecule has 1 aromatic rings. The van der Waals surface area contributed by atoms with E-state index in [1.54, 1.807) is 0 Å². The second-order valence-corrected chi connectivity index (χ2v) is 9.09. The third-order valence-electron chi connectivity index (χ3n) is 3.34. The summed E-state index contributed by atoms with van der Waals surface area (Å²) in [5.74, 6) is 0.354. The lowest BCUT2D eigenvalue weighted by Gasteiger charge is -2.16. The Morgan fingerprint density at radius 3 is 2.23 bits per heavy atom. The van der Waals surface area contributed by atoms with Crippen LogP contribution in [0.15, 0.2) is 40.3 Å². The molecule has 0 saturated heterocycles. The summed E-state index contributed by atoms with van der Waals surface area (Å²) in [5, 5.41) is 0. The fourth-order valence-electron chi connectivity index (χ4n) is 2.03. The fraction of sp³-hybridized carbons (Fsp3) is 0.526. The molecule has 0 aliphatic heterocycles. The maximum absolute atomic E-state index is 12.3. The molecule has 0 unspecified atom stereocenters. The first-order chi connectivity index (χ1) is 10.1. The Morgan fingerprint density at radius 2 is 1.77 bits per heavy atom. The first-order valence-corrected chi connectivity index (χ1v) is 8.91. The highest BCUT2D eigenvalue weighted by molar-refractivity contribution is 7.85. The van der Waals surface area contributed by atoms with Crippen molar-refractivity contribution in [3.8, 4) is 0 Å². The van der Waals surface area contributed by atoms with Crippen molar-refractivity contribution in [1.82, 2.24) is 0 Å². The van der Waals surface area contributed by atoms with Crippen molar-refractivity contribution >= 4 is 16.7 Å². The monoisotopic (exact) mass is 319 g/mol. The lowest BCUT2D eigenvalue weighted by atomic mass is 9.94. The highest BCUT2D eigenvalue weighted by atomic mass is 32.2. The van der Waals surface area contributed by atoms with Crippen molar-refractivity contribution in [2.45, 2.75) is 65.6 Å². The number of benzene rings is 1. The number of hydrogen-bond donors (Lipinski definition) is 0. The van der Waals surface area contributed by atoms with Gasteiger partial charge < -0.3 is 0 Å². The van der Waals surface area contributed by atoms with Crippen LogP contribution in [-0.4, -0.2) is 14.7 Å². The predicted molar refractivity (Wildman–Crippen MR) is 99.0 cm³/mol. The van der Waals surface area contributed by atoms with E-state index in [1.807, 2.05) is 40.7 Å². The zero-order valence-electron chi connectivity index (χ0n) is 14.9.